The Bertz CT molecular complexity index is 1060. The van der Waals surface area contributed by atoms with Gasteiger partial charge in [-0.15, -0.1) is 0 Å². The molecule has 0 saturated heterocycles. The minimum Gasteiger partial charge on any atom is -0.508 e. The summed E-state index contributed by atoms with van der Waals surface area (Å²) in [5.74, 6) is 0.881. The smallest absolute Gasteiger partial charge is 0.162 e. The Morgan fingerprint density at radius 2 is 1.72 bits per heavy atom. The van der Waals surface area contributed by atoms with E-state index in [0.29, 0.717) is 12.0 Å². The van der Waals surface area contributed by atoms with Crippen LogP contribution < -0.4 is 4.74 Å². The number of hydrogen-bond acceptors (Lipinski definition) is 5. The first-order valence-electron chi connectivity index (χ1n) is 9.44. The zero-order valence-electron chi connectivity index (χ0n) is 16.1. The molecule has 5 heteroatoms. The molecule has 1 heterocycles. The number of methoxy groups -OCH3 is 1. The Morgan fingerprint density at radius 1 is 1.03 bits per heavy atom. The second kappa shape index (κ2) is 8.07. The summed E-state index contributed by atoms with van der Waals surface area (Å²) in [7, 11) is 1.64. The minimum absolute atomic E-state index is 0.0963. The number of rotatable bonds is 5. The highest BCUT2D eigenvalue weighted by atomic mass is 16.5. The van der Waals surface area contributed by atoms with Crippen molar-refractivity contribution >= 4 is 5.71 Å². The summed E-state index contributed by atoms with van der Waals surface area (Å²) in [6, 6.07) is 26.3. The lowest BCUT2D eigenvalue weighted by Crippen LogP contribution is -2.24. The van der Waals surface area contributed by atoms with Crippen LogP contribution in [0.5, 0.6) is 11.5 Å². The Morgan fingerprint density at radius 3 is 2.38 bits per heavy atom. The van der Waals surface area contributed by atoms with Gasteiger partial charge >= 0.3 is 0 Å². The second-order valence-electron chi connectivity index (χ2n) is 6.88. The molecule has 1 aliphatic rings. The molecule has 0 radical (unpaired) electrons. The van der Waals surface area contributed by atoms with Crippen molar-refractivity contribution in [1.82, 2.24) is 5.01 Å². The van der Waals surface area contributed by atoms with Crippen LogP contribution in [0.4, 0.5) is 0 Å². The molecular formula is C24H21N3O2. The van der Waals surface area contributed by atoms with E-state index in [1.807, 2.05) is 65.7 Å². The van der Waals surface area contributed by atoms with E-state index in [2.05, 4.69) is 6.07 Å². The Labute approximate surface area is 170 Å². The largest absolute Gasteiger partial charge is 0.508 e. The van der Waals surface area contributed by atoms with E-state index in [1.165, 1.54) is 0 Å². The molecule has 0 aliphatic carbocycles. The third-order valence-corrected chi connectivity index (χ3v) is 5.17. The maximum atomic E-state index is 10.3. The van der Waals surface area contributed by atoms with E-state index in [0.717, 1.165) is 22.6 Å². The Balaban J connectivity index is 1.76. The predicted octanol–water partition coefficient (Wildman–Crippen LogP) is 4.82. The molecule has 4 rings (SSSR count). The molecule has 0 unspecified atom stereocenters. The third-order valence-electron chi connectivity index (χ3n) is 5.17. The zero-order valence-corrected chi connectivity index (χ0v) is 16.1. The van der Waals surface area contributed by atoms with Crippen molar-refractivity contribution in [3.63, 3.8) is 0 Å². The summed E-state index contributed by atoms with van der Waals surface area (Å²) in [6.07, 6.45) is 0.669. The molecule has 1 N–H and O–H groups in total. The summed E-state index contributed by atoms with van der Waals surface area (Å²) >= 11 is 0. The first-order chi connectivity index (χ1) is 14.2. The van der Waals surface area contributed by atoms with Crippen LogP contribution in [0.15, 0.2) is 84.0 Å². The topological polar surface area (TPSA) is 68.8 Å². The van der Waals surface area contributed by atoms with E-state index >= 15 is 0 Å². The first-order valence-corrected chi connectivity index (χ1v) is 9.44. The zero-order chi connectivity index (χ0) is 20.2. The van der Waals surface area contributed by atoms with E-state index in [9.17, 15) is 10.4 Å². The number of nitriles is 1. The standard InChI is InChI=1S/C24H21N3O2/c1-29-19-13-11-17(12-14-19)21-15-22(18-7-3-2-4-8-18)27(26-21)23(16-25)20-9-5-6-10-24(20)28/h2-14,22-23,28H,15H2,1H3/t22-,23+/m0/s1. The van der Waals surface area contributed by atoms with Crippen molar-refractivity contribution in [2.24, 2.45) is 5.10 Å². The average molecular weight is 383 g/mol. The maximum Gasteiger partial charge on any atom is 0.162 e. The minimum atomic E-state index is -0.697. The predicted molar refractivity (Wildman–Crippen MR) is 112 cm³/mol. The summed E-state index contributed by atoms with van der Waals surface area (Å²) in [5.41, 5.74) is 3.52. The fourth-order valence-corrected chi connectivity index (χ4v) is 3.66. The van der Waals surface area contributed by atoms with Gasteiger partial charge in [-0.1, -0.05) is 48.5 Å². The molecule has 3 aromatic carbocycles. The molecule has 144 valence electrons. The summed E-state index contributed by atoms with van der Waals surface area (Å²) < 4.78 is 5.25. The lowest BCUT2D eigenvalue weighted by atomic mass is 9.96. The summed E-state index contributed by atoms with van der Waals surface area (Å²) in [6.45, 7) is 0. The highest BCUT2D eigenvalue weighted by Crippen LogP contribution is 2.40. The van der Waals surface area contributed by atoms with Gasteiger partial charge in [0.2, 0.25) is 0 Å². The normalized spacial score (nSPS) is 16.8. The third kappa shape index (κ3) is 3.65. The van der Waals surface area contributed by atoms with Gasteiger partial charge in [0.05, 0.1) is 24.9 Å². The monoisotopic (exact) mass is 383 g/mol. The van der Waals surface area contributed by atoms with E-state index in [4.69, 9.17) is 9.84 Å². The second-order valence-corrected chi connectivity index (χ2v) is 6.88. The van der Waals surface area contributed by atoms with Crippen LogP contribution in [0.3, 0.4) is 0 Å². The number of aromatic hydroxyl groups is 1. The van der Waals surface area contributed by atoms with Gasteiger partial charge in [0, 0.05) is 12.0 Å². The molecule has 0 saturated carbocycles. The molecule has 0 amide bonds. The molecule has 0 aromatic heterocycles. The van der Waals surface area contributed by atoms with Crippen LogP contribution in [-0.2, 0) is 0 Å². The number of benzene rings is 3. The molecule has 29 heavy (non-hydrogen) atoms. The molecule has 5 nitrogen and oxygen atoms in total. The number of hydrogen-bond donors (Lipinski definition) is 1. The average Bonchev–Trinajstić information content (AvgIpc) is 3.21. The highest BCUT2D eigenvalue weighted by Gasteiger charge is 2.35. The maximum absolute atomic E-state index is 10.3. The molecule has 2 atom stereocenters. The number of ether oxygens (including phenoxy) is 1. The highest BCUT2D eigenvalue weighted by molar-refractivity contribution is 6.02. The van der Waals surface area contributed by atoms with Gasteiger partial charge in [-0.3, -0.25) is 5.01 Å². The van der Waals surface area contributed by atoms with Gasteiger partial charge in [-0.25, -0.2) is 0 Å². The van der Waals surface area contributed by atoms with Gasteiger partial charge in [-0.05, 0) is 41.5 Å². The molecule has 0 fully saturated rings. The molecule has 0 bridgehead atoms. The number of phenols is 1. The number of hydrazone groups is 1. The number of nitrogens with zero attached hydrogens (tertiary/aromatic N) is 3. The van der Waals surface area contributed by atoms with Crippen LogP contribution in [-0.4, -0.2) is 22.9 Å². The number of phenolic OH excluding ortho intramolecular Hbond substituents is 1. The van der Waals surface area contributed by atoms with Gasteiger partial charge in [0.1, 0.15) is 11.5 Å². The van der Waals surface area contributed by atoms with Crippen LogP contribution >= 0.6 is 0 Å². The van der Waals surface area contributed by atoms with Crippen LogP contribution in [0.25, 0.3) is 0 Å². The number of para-hydroxylation sites is 1. The van der Waals surface area contributed by atoms with Crippen molar-refractivity contribution < 1.29 is 9.84 Å². The van der Waals surface area contributed by atoms with Crippen molar-refractivity contribution in [1.29, 1.82) is 5.26 Å². The fourth-order valence-electron chi connectivity index (χ4n) is 3.66. The van der Waals surface area contributed by atoms with Crippen LogP contribution in [0, 0.1) is 11.3 Å². The summed E-state index contributed by atoms with van der Waals surface area (Å²) in [5, 5.41) is 26.9. The fraction of sp³-hybridized carbons (Fsp3) is 0.167. The van der Waals surface area contributed by atoms with Gasteiger partial charge < -0.3 is 9.84 Å². The quantitative estimate of drug-likeness (QED) is 0.686. The lowest BCUT2D eigenvalue weighted by molar-refractivity contribution is 0.194. The SMILES string of the molecule is COc1ccc(C2=NN([C@H](C#N)c3ccccc3O)[C@H](c3ccccc3)C2)cc1. The van der Waals surface area contributed by atoms with E-state index in [1.54, 1.807) is 25.3 Å². The van der Waals surface area contributed by atoms with Gasteiger partial charge in [0.25, 0.3) is 0 Å². The van der Waals surface area contributed by atoms with Crippen LogP contribution in [0.1, 0.15) is 35.2 Å². The van der Waals surface area contributed by atoms with Crippen molar-refractivity contribution in [2.45, 2.75) is 18.5 Å². The Hall–Kier alpha value is -3.78. The van der Waals surface area contributed by atoms with Gasteiger partial charge in [0.15, 0.2) is 6.04 Å². The Kier molecular flexibility index (Phi) is 5.17. The van der Waals surface area contributed by atoms with Crippen LogP contribution in [0.2, 0.25) is 0 Å². The molecular weight excluding hydrogens is 362 g/mol. The first kappa shape index (κ1) is 18.6. The van der Waals surface area contributed by atoms with Gasteiger partial charge in [-0.2, -0.15) is 10.4 Å². The van der Waals surface area contributed by atoms with Crippen molar-refractivity contribution in [2.75, 3.05) is 7.11 Å². The van der Waals surface area contributed by atoms with E-state index in [-0.39, 0.29) is 11.8 Å². The molecule has 3 aromatic rings. The van der Waals surface area contributed by atoms with E-state index < -0.39 is 6.04 Å². The summed E-state index contributed by atoms with van der Waals surface area (Å²) in [4.78, 5) is 0. The lowest BCUT2D eigenvalue weighted by Gasteiger charge is -2.28. The molecule has 1 aliphatic heterocycles. The van der Waals surface area contributed by atoms with Crippen molar-refractivity contribution in [3.8, 4) is 17.6 Å². The van der Waals surface area contributed by atoms with Crippen molar-refractivity contribution in [3.05, 3.63) is 95.6 Å². The molecule has 0 spiro atoms.